The second kappa shape index (κ2) is 7.02. The molecule has 0 amide bonds. The van der Waals surface area contributed by atoms with Crippen LogP contribution in [0.15, 0.2) is 23.7 Å². The molecule has 0 spiro atoms. The topological polar surface area (TPSA) is 35.5 Å². The molecule has 6 heteroatoms. The molecule has 3 nitrogen and oxygen atoms in total. The number of rotatable bonds is 4. The first-order valence-electron chi connectivity index (χ1n) is 7.98. The molecule has 0 unspecified atom stereocenters. The number of hydrogen-bond acceptors (Lipinski definition) is 4. The van der Waals surface area contributed by atoms with Gasteiger partial charge in [0.2, 0.25) is 0 Å². The van der Waals surface area contributed by atoms with E-state index in [0.29, 0.717) is 11.3 Å². The molecule has 0 saturated carbocycles. The Bertz CT molecular complexity index is 654. The Hall–Kier alpha value is -1.11. The van der Waals surface area contributed by atoms with Crippen molar-refractivity contribution in [3.63, 3.8) is 0 Å². The summed E-state index contributed by atoms with van der Waals surface area (Å²) < 4.78 is 26.0. The molecule has 0 atom stereocenters. The van der Waals surface area contributed by atoms with Gasteiger partial charge in [-0.15, -0.1) is 0 Å². The Morgan fingerprint density at radius 2 is 1.83 bits per heavy atom. The van der Waals surface area contributed by atoms with Crippen LogP contribution in [-0.4, -0.2) is 29.2 Å². The van der Waals surface area contributed by atoms with Crippen molar-refractivity contribution in [2.75, 3.05) is 5.75 Å². The van der Waals surface area contributed by atoms with Crippen LogP contribution in [0.5, 0.6) is 0 Å². The van der Waals surface area contributed by atoms with Crippen molar-refractivity contribution in [2.45, 2.75) is 52.7 Å². The number of carbonyl (C=O) groups is 1. The van der Waals surface area contributed by atoms with E-state index in [1.54, 1.807) is 13.0 Å². The van der Waals surface area contributed by atoms with E-state index in [4.69, 9.17) is 9.31 Å². The molecule has 1 heterocycles. The molecule has 0 bridgehead atoms. The Labute approximate surface area is 148 Å². The quantitative estimate of drug-likeness (QED) is 0.753. The maximum absolute atomic E-state index is 13.8. The lowest BCUT2D eigenvalue weighted by atomic mass is 9.78. The van der Waals surface area contributed by atoms with Crippen molar-refractivity contribution in [1.82, 2.24) is 0 Å². The summed E-state index contributed by atoms with van der Waals surface area (Å²) in [6.07, 6.45) is 1.87. The third kappa shape index (κ3) is 4.10. The standard InChI is InChI=1S/C18H24BFO3S/c1-12-14(8-7-9-16(12)20)10-15(11-24-13(2)21)19-22-17(3,4)18(5,6)23-19/h7-10H,11H2,1-6H3. The summed E-state index contributed by atoms with van der Waals surface area (Å²) >= 11 is 1.19. The normalized spacial score (nSPS) is 19.6. The van der Waals surface area contributed by atoms with Crippen LogP contribution in [0.4, 0.5) is 4.39 Å². The zero-order valence-corrected chi connectivity index (χ0v) is 15.9. The van der Waals surface area contributed by atoms with Gasteiger partial charge in [-0.25, -0.2) is 4.39 Å². The Kier molecular flexibility index (Phi) is 5.62. The molecule has 1 aromatic rings. The molecule has 1 aromatic carbocycles. The van der Waals surface area contributed by atoms with Crippen LogP contribution in [0.25, 0.3) is 6.08 Å². The number of benzene rings is 1. The lowest BCUT2D eigenvalue weighted by molar-refractivity contribution is -0.109. The molecule has 130 valence electrons. The Balaban J connectivity index is 2.37. The van der Waals surface area contributed by atoms with Crippen molar-refractivity contribution in [2.24, 2.45) is 0 Å². The number of carbonyl (C=O) groups excluding carboxylic acids is 1. The van der Waals surface area contributed by atoms with E-state index in [1.165, 1.54) is 24.8 Å². The highest BCUT2D eigenvalue weighted by molar-refractivity contribution is 8.13. The zero-order chi connectivity index (χ0) is 18.1. The van der Waals surface area contributed by atoms with Gasteiger partial charge < -0.3 is 9.31 Å². The van der Waals surface area contributed by atoms with Crippen molar-refractivity contribution in [3.8, 4) is 0 Å². The van der Waals surface area contributed by atoms with Crippen LogP contribution in [0, 0.1) is 12.7 Å². The highest BCUT2D eigenvalue weighted by atomic mass is 32.2. The third-order valence-electron chi connectivity index (χ3n) is 4.65. The van der Waals surface area contributed by atoms with Crippen LogP contribution in [-0.2, 0) is 14.1 Å². The predicted octanol–water partition coefficient (Wildman–Crippen LogP) is 4.43. The van der Waals surface area contributed by atoms with Gasteiger partial charge in [0.15, 0.2) is 5.12 Å². The van der Waals surface area contributed by atoms with E-state index in [0.717, 1.165) is 11.0 Å². The maximum Gasteiger partial charge on any atom is 0.491 e. The van der Waals surface area contributed by atoms with E-state index in [1.807, 2.05) is 39.8 Å². The molecule has 1 fully saturated rings. The van der Waals surface area contributed by atoms with E-state index in [2.05, 4.69) is 0 Å². The minimum Gasteiger partial charge on any atom is -0.400 e. The van der Waals surface area contributed by atoms with Gasteiger partial charge in [-0.05, 0) is 57.3 Å². The van der Waals surface area contributed by atoms with Gasteiger partial charge in [-0.1, -0.05) is 30.0 Å². The summed E-state index contributed by atoms with van der Waals surface area (Å²) in [6, 6.07) is 4.96. The lowest BCUT2D eigenvalue weighted by Gasteiger charge is -2.32. The van der Waals surface area contributed by atoms with Gasteiger partial charge in [0.1, 0.15) is 5.82 Å². The van der Waals surface area contributed by atoms with E-state index in [9.17, 15) is 9.18 Å². The molecule has 0 aromatic heterocycles. The minimum absolute atomic E-state index is 0.0216. The zero-order valence-electron chi connectivity index (χ0n) is 15.1. The highest BCUT2D eigenvalue weighted by Gasteiger charge is 2.52. The van der Waals surface area contributed by atoms with E-state index >= 15 is 0 Å². The summed E-state index contributed by atoms with van der Waals surface area (Å²) in [4.78, 5) is 11.4. The fraction of sp³-hybridized carbons (Fsp3) is 0.500. The van der Waals surface area contributed by atoms with Gasteiger partial charge in [-0.3, -0.25) is 4.79 Å². The summed E-state index contributed by atoms with van der Waals surface area (Å²) in [5.41, 5.74) is 1.23. The second-order valence-corrected chi connectivity index (χ2v) is 8.19. The molecule has 0 radical (unpaired) electrons. The van der Waals surface area contributed by atoms with E-state index < -0.39 is 18.3 Å². The molecule has 24 heavy (non-hydrogen) atoms. The van der Waals surface area contributed by atoms with Gasteiger partial charge >= 0.3 is 7.12 Å². The minimum atomic E-state index is -0.551. The molecule has 1 saturated heterocycles. The average Bonchev–Trinajstić information content (AvgIpc) is 2.67. The highest BCUT2D eigenvalue weighted by Crippen LogP contribution is 2.39. The van der Waals surface area contributed by atoms with Crippen molar-refractivity contribution >= 4 is 30.1 Å². The molecule has 1 aliphatic rings. The van der Waals surface area contributed by atoms with Crippen molar-refractivity contribution in [3.05, 3.63) is 40.6 Å². The van der Waals surface area contributed by atoms with E-state index in [-0.39, 0.29) is 10.9 Å². The Morgan fingerprint density at radius 3 is 2.38 bits per heavy atom. The summed E-state index contributed by atoms with van der Waals surface area (Å²) in [6.45, 7) is 11.2. The Morgan fingerprint density at radius 1 is 1.25 bits per heavy atom. The summed E-state index contributed by atoms with van der Waals surface area (Å²) in [5, 5.41) is 0.0216. The molecule has 0 N–H and O–H groups in total. The van der Waals surface area contributed by atoms with Gasteiger partial charge in [0, 0.05) is 12.7 Å². The van der Waals surface area contributed by atoms with Crippen LogP contribution in [0.3, 0.4) is 0 Å². The molecule has 2 rings (SSSR count). The van der Waals surface area contributed by atoms with Crippen molar-refractivity contribution < 1.29 is 18.5 Å². The van der Waals surface area contributed by atoms with Crippen LogP contribution in [0.1, 0.15) is 45.7 Å². The van der Waals surface area contributed by atoms with Crippen molar-refractivity contribution in [1.29, 1.82) is 0 Å². The molecule has 0 aliphatic carbocycles. The smallest absolute Gasteiger partial charge is 0.400 e. The third-order valence-corrected chi connectivity index (χ3v) is 5.53. The van der Waals surface area contributed by atoms with Crippen LogP contribution in [0.2, 0.25) is 0 Å². The number of hydrogen-bond donors (Lipinski definition) is 0. The first-order valence-corrected chi connectivity index (χ1v) is 8.96. The largest absolute Gasteiger partial charge is 0.491 e. The molecular weight excluding hydrogens is 326 g/mol. The number of thioether (sulfide) groups is 1. The number of halogens is 1. The average molecular weight is 350 g/mol. The SMILES string of the molecule is CC(=O)SCC(=Cc1cccc(F)c1C)B1OC(C)(C)C(C)(C)O1. The summed E-state index contributed by atoms with van der Waals surface area (Å²) in [5.74, 6) is 0.193. The lowest BCUT2D eigenvalue weighted by Crippen LogP contribution is -2.41. The van der Waals surface area contributed by atoms with Crippen LogP contribution < -0.4 is 0 Å². The first kappa shape index (κ1) is 19.2. The predicted molar refractivity (Wildman–Crippen MR) is 98.3 cm³/mol. The van der Waals surface area contributed by atoms with Gasteiger partial charge in [-0.2, -0.15) is 0 Å². The molecule has 1 aliphatic heterocycles. The first-order chi connectivity index (χ1) is 11.0. The monoisotopic (exact) mass is 350 g/mol. The maximum atomic E-state index is 13.8. The molecular formula is C18H24BFO3S. The van der Waals surface area contributed by atoms with Crippen LogP contribution >= 0.6 is 11.8 Å². The van der Waals surface area contributed by atoms with Gasteiger partial charge in [0.25, 0.3) is 0 Å². The summed E-state index contributed by atoms with van der Waals surface area (Å²) in [7, 11) is -0.551. The fourth-order valence-electron chi connectivity index (χ4n) is 2.34. The fourth-order valence-corrected chi connectivity index (χ4v) is 2.93. The second-order valence-electron chi connectivity index (χ2n) is 7.04. The van der Waals surface area contributed by atoms with Gasteiger partial charge in [0.05, 0.1) is 11.2 Å².